The summed E-state index contributed by atoms with van der Waals surface area (Å²) in [6, 6.07) is 11.8. The van der Waals surface area contributed by atoms with Gasteiger partial charge in [-0.05, 0) is 41.7 Å². The molecule has 0 fully saturated rings. The Morgan fingerprint density at radius 1 is 1.17 bits per heavy atom. The standard InChI is InChI=1S/C25H22FNO3/c1-15-6-7-17(20(26)10-15)13-27-21-5-3-2-4-18(21)25(24(27)28)14-30-23-12-22-16(8-9-29-22)11-19(23)25/h2-5,7,10-12,15H,6,8-9,13-14H2,1H3. The Morgan fingerprint density at radius 3 is 2.90 bits per heavy atom. The summed E-state index contributed by atoms with van der Waals surface area (Å²) in [5.41, 5.74) is 3.47. The van der Waals surface area contributed by atoms with Gasteiger partial charge in [-0.15, -0.1) is 0 Å². The van der Waals surface area contributed by atoms with Crippen molar-refractivity contribution in [2.24, 2.45) is 5.92 Å². The van der Waals surface area contributed by atoms with Crippen LogP contribution < -0.4 is 14.4 Å². The Balaban J connectivity index is 1.46. The fourth-order valence-corrected chi connectivity index (χ4v) is 5.17. The number of ether oxygens (including phenoxy) is 2. The molecule has 1 spiro atoms. The summed E-state index contributed by atoms with van der Waals surface area (Å²) < 4.78 is 26.3. The van der Waals surface area contributed by atoms with Crippen LogP contribution in [0.4, 0.5) is 10.1 Å². The quantitative estimate of drug-likeness (QED) is 0.743. The molecule has 1 amide bonds. The van der Waals surface area contributed by atoms with Crippen molar-refractivity contribution in [2.75, 3.05) is 24.7 Å². The maximum absolute atomic E-state index is 14.6. The molecular formula is C25H22FNO3. The molecule has 4 aliphatic rings. The molecule has 2 aromatic carbocycles. The van der Waals surface area contributed by atoms with Gasteiger partial charge in [0.15, 0.2) is 0 Å². The lowest BCUT2D eigenvalue weighted by Gasteiger charge is -2.25. The molecule has 152 valence electrons. The second-order valence-corrected chi connectivity index (χ2v) is 8.61. The van der Waals surface area contributed by atoms with Crippen molar-refractivity contribution >= 4 is 11.6 Å². The molecule has 0 saturated heterocycles. The SMILES string of the molecule is CC1C=C(F)C(CN2C(=O)C3(COc4cc5c(cc43)CCO5)c3ccccc32)=CC1. The minimum atomic E-state index is -0.883. The predicted octanol–water partition coefficient (Wildman–Crippen LogP) is 4.47. The Morgan fingerprint density at radius 2 is 2.03 bits per heavy atom. The number of carbonyl (C=O) groups is 1. The number of rotatable bonds is 2. The van der Waals surface area contributed by atoms with E-state index in [1.807, 2.05) is 43.3 Å². The molecule has 4 nitrogen and oxygen atoms in total. The van der Waals surface area contributed by atoms with E-state index in [0.29, 0.717) is 17.9 Å². The molecule has 0 radical (unpaired) electrons. The van der Waals surface area contributed by atoms with Crippen LogP contribution in [0.25, 0.3) is 0 Å². The summed E-state index contributed by atoms with van der Waals surface area (Å²) in [5.74, 6) is 1.46. The van der Waals surface area contributed by atoms with E-state index in [2.05, 4.69) is 6.07 Å². The van der Waals surface area contributed by atoms with E-state index in [4.69, 9.17) is 9.47 Å². The zero-order valence-corrected chi connectivity index (χ0v) is 16.8. The van der Waals surface area contributed by atoms with E-state index in [0.717, 1.165) is 41.0 Å². The molecule has 0 N–H and O–H groups in total. The average molecular weight is 403 g/mol. The van der Waals surface area contributed by atoms with Gasteiger partial charge < -0.3 is 14.4 Å². The fourth-order valence-electron chi connectivity index (χ4n) is 5.17. The van der Waals surface area contributed by atoms with Crippen LogP contribution >= 0.6 is 0 Å². The zero-order chi connectivity index (χ0) is 20.5. The third-order valence-electron chi connectivity index (χ3n) is 6.76. The van der Waals surface area contributed by atoms with Gasteiger partial charge in [0, 0.05) is 29.3 Å². The lowest BCUT2D eigenvalue weighted by molar-refractivity contribution is -0.122. The molecule has 30 heavy (non-hydrogen) atoms. The third kappa shape index (κ3) is 2.29. The Kier molecular flexibility index (Phi) is 3.67. The molecule has 0 aromatic heterocycles. The van der Waals surface area contributed by atoms with Crippen LogP contribution in [-0.4, -0.2) is 25.7 Å². The topological polar surface area (TPSA) is 38.8 Å². The first-order chi connectivity index (χ1) is 14.6. The maximum atomic E-state index is 14.6. The van der Waals surface area contributed by atoms with Crippen molar-refractivity contribution < 1.29 is 18.7 Å². The van der Waals surface area contributed by atoms with Crippen LogP contribution in [-0.2, 0) is 16.6 Å². The van der Waals surface area contributed by atoms with Gasteiger partial charge in [-0.3, -0.25) is 4.79 Å². The van der Waals surface area contributed by atoms with Crippen LogP contribution in [0.15, 0.2) is 60.0 Å². The molecule has 2 unspecified atom stereocenters. The van der Waals surface area contributed by atoms with Gasteiger partial charge in [-0.2, -0.15) is 0 Å². The number of para-hydroxylation sites is 1. The molecule has 0 saturated carbocycles. The average Bonchev–Trinajstić information content (AvgIpc) is 3.41. The second-order valence-electron chi connectivity index (χ2n) is 8.61. The first-order valence-electron chi connectivity index (χ1n) is 10.5. The highest BCUT2D eigenvalue weighted by molar-refractivity contribution is 6.12. The van der Waals surface area contributed by atoms with Crippen LogP contribution in [0, 0.1) is 5.92 Å². The summed E-state index contributed by atoms with van der Waals surface area (Å²) >= 11 is 0. The van der Waals surface area contributed by atoms with Gasteiger partial charge in [-0.25, -0.2) is 4.39 Å². The Bertz CT molecular complexity index is 1150. The highest BCUT2D eigenvalue weighted by atomic mass is 19.1. The summed E-state index contributed by atoms with van der Waals surface area (Å²) in [7, 11) is 0. The van der Waals surface area contributed by atoms with E-state index in [1.165, 1.54) is 0 Å². The van der Waals surface area contributed by atoms with Gasteiger partial charge in [0.1, 0.15) is 29.3 Å². The Hall–Kier alpha value is -3.08. The molecule has 2 aromatic rings. The Labute approximate surface area is 174 Å². The van der Waals surface area contributed by atoms with Gasteiger partial charge in [0.05, 0.1) is 13.2 Å². The minimum Gasteiger partial charge on any atom is -0.493 e. The first kappa shape index (κ1) is 17.8. The highest BCUT2D eigenvalue weighted by Crippen LogP contribution is 2.54. The second kappa shape index (κ2) is 6.21. The van der Waals surface area contributed by atoms with Crippen molar-refractivity contribution in [3.05, 3.63) is 76.6 Å². The normalized spacial score (nSPS) is 26.0. The van der Waals surface area contributed by atoms with Crippen LogP contribution in [0.1, 0.15) is 30.0 Å². The van der Waals surface area contributed by atoms with Gasteiger partial charge in [-0.1, -0.05) is 31.2 Å². The molecule has 3 heterocycles. The lowest BCUT2D eigenvalue weighted by Crippen LogP contribution is -2.43. The largest absolute Gasteiger partial charge is 0.493 e. The number of hydrogen-bond donors (Lipinski definition) is 0. The molecule has 1 aliphatic carbocycles. The van der Waals surface area contributed by atoms with Gasteiger partial charge in [0.2, 0.25) is 5.91 Å². The monoisotopic (exact) mass is 403 g/mol. The zero-order valence-electron chi connectivity index (χ0n) is 16.8. The maximum Gasteiger partial charge on any atom is 0.246 e. The fraction of sp³-hybridized carbons (Fsp3) is 0.320. The highest BCUT2D eigenvalue weighted by Gasteiger charge is 2.57. The van der Waals surface area contributed by atoms with E-state index >= 15 is 0 Å². The third-order valence-corrected chi connectivity index (χ3v) is 6.76. The number of fused-ring (bicyclic) bond motifs is 5. The predicted molar refractivity (Wildman–Crippen MR) is 112 cm³/mol. The van der Waals surface area contributed by atoms with Crippen molar-refractivity contribution in [3.63, 3.8) is 0 Å². The number of amides is 1. The van der Waals surface area contributed by atoms with Crippen molar-refractivity contribution in [1.82, 2.24) is 0 Å². The number of hydrogen-bond acceptors (Lipinski definition) is 3. The minimum absolute atomic E-state index is 0.0476. The first-order valence-corrected chi connectivity index (χ1v) is 10.5. The number of benzene rings is 2. The molecule has 2 atom stereocenters. The van der Waals surface area contributed by atoms with Gasteiger partial charge >= 0.3 is 0 Å². The molecular weight excluding hydrogens is 381 g/mol. The van der Waals surface area contributed by atoms with E-state index in [9.17, 15) is 9.18 Å². The lowest BCUT2D eigenvalue weighted by atomic mass is 9.76. The number of nitrogens with zero attached hydrogens (tertiary/aromatic N) is 1. The summed E-state index contributed by atoms with van der Waals surface area (Å²) in [6.45, 7) is 3.13. The van der Waals surface area contributed by atoms with Crippen molar-refractivity contribution in [2.45, 2.75) is 25.2 Å². The van der Waals surface area contributed by atoms with Gasteiger partial charge in [0.25, 0.3) is 0 Å². The summed E-state index contributed by atoms with van der Waals surface area (Å²) in [5, 5.41) is 0. The van der Waals surface area contributed by atoms with Crippen LogP contribution in [0.3, 0.4) is 0 Å². The van der Waals surface area contributed by atoms with Crippen molar-refractivity contribution in [3.8, 4) is 11.5 Å². The number of carbonyl (C=O) groups excluding carboxylic acids is 1. The number of halogens is 1. The number of allylic oxidation sites excluding steroid dienone is 2. The van der Waals surface area contributed by atoms with E-state index in [1.54, 1.807) is 11.0 Å². The smallest absolute Gasteiger partial charge is 0.246 e. The number of anilines is 1. The molecule has 3 aliphatic heterocycles. The molecule has 6 rings (SSSR count). The van der Waals surface area contributed by atoms with Crippen molar-refractivity contribution in [1.29, 1.82) is 0 Å². The summed E-state index contributed by atoms with van der Waals surface area (Å²) in [4.78, 5) is 15.7. The molecule has 0 bridgehead atoms. The molecule has 5 heteroatoms. The van der Waals surface area contributed by atoms with Crippen LogP contribution in [0.5, 0.6) is 11.5 Å². The van der Waals surface area contributed by atoms with E-state index in [-0.39, 0.29) is 30.8 Å². The summed E-state index contributed by atoms with van der Waals surface area (Å²) in [6.07, 6.45) is 5.19. The van der Waals surface area contributed by atoms with E-state index < -0.39 is 5.41 Å². The van der Waals surface area contributed by atoms with Crippen LogP contribution in [0.2, 0.25) is 0 Å².